The second-order valence-corrected chi connectivity index (χ2v) is 7.78. The van der Waals surface area contributed by atoms with Crippen LogP contribution < -0.4 is 5.32 Å². The molecule has 0 radical (unpaired) electrons. The summed E-state index contributed by atoms with van der Waals surface area (Å²) in [5.74, 6) is 0.282. The summed E-state index contributed by atoms with van der Waals surface area (Å²) in [7, 11) is 0. The highest BCUT2D eigenvalue weighted by Gasteiger charge is 2.30. The lowest BCUT2D eigenvalue weighted by molar-refractivity contribution is -0.117. The van der Waals surface area contributed by atoms with Crippen molar-refractivity contribution in [2.24, 2.45) is 5.92 Å². The molecule has 5 nitrogen and oxygen atoms in total. The van der Waals surface area contributed by atoms with E-state index in [-0.39, 0.29) is 11.8 Å². The Morgan fingerprint density at radius 2 is 2.19 bits per heavy atom. The second kappa shape index (κ2) is 5.92. The van der Waals surface area contributed by atoms with Crippen molar-refractivity contribution >= 4 is 43.5 Å². The van der Waals surface area contributed by atoms with E-state index >= 15 is 0 Å². The lowest BCUT2D eigenvalue weighted by Gasteiger charge is -2.09. The Hall–Kier alpha value is -2.73. The largest absolute Gasteiger partial charge is 0.302 e. The molecule has 6 heteroatoms. The number of nitrogens with one attached hydrogen (secondary N) is 2. The van der Waals surface area contributed by atoms with Gasteiger partial charge in [0.1, 0.15) is 0 Å². The molecule has 2 N–H and O–H groups in total. The van der Waals surface area contributed by atoms with Crippen molar-refractivity contribution in [2.75, 3.05) is 5.32 Å². The van der Waals surface area contributed by atoms with Gasteiger partial charge in [0.15, 0.2) is 5.13 Å². The number of carbonyl (C=O) groups excluding carboxylic acids is 1. The predicted molar refractivity (Wildman–Crippen MR) is 105 cm³/mol. The molecule has 4 aromatic rings. The van der Waals surface area contributed by atoms with Gasteiger partial charge >= 0.3 is 0 Å². The molecule has 2 heterocycles. The van der Waals surface area contributed by atoms with E-state index in [4.69, 9.17) is 0 Å². The quantitative estimate of drug-likeness (QED) is 0.550. The summed E-state index contributed by atoms with van der Waals surface area (Å²) in [6.07, 6.45) is 4.84. The molecule has 130 valence electrons. The van der Waals surface area contributed by atoms with Crippen molar-refractivity contribution in [3.8, 4) is 11.1 Å². The van der Waals surface area contributed by atoms with E-state index in [9.17, 15) is 4.79 Å². The Kier molecular flexibility index (Phi) is 3.53. The molecule has 1 aliphatic carbocycles. The van der Waals surface area contributed by atoms with Crippen LogP contribution in [-0.2, 0) is 11.2 Å². The average molecular weight is 362 g/mol. The molecule has 0 atom stereocenters. The van der Waals surface area contributed by atoms with Gasteiger partial charge in [-0.05, 0) is 54.2 Å². The number of anilines is 1. The van der Waals surface area contributed by atoms with E-state index < -0.39 is 0 Å². The Labute approximate surface area is 154 Å². The number of rotatable bonds is 4. The fraction of sp³-hybridized carbons (Fsp3) is 0.250. The first-order valence-corrected chi connectivity index (χ1v) is 9.71. The van der Waals surface area contributed by atoms with Gasteiger partial charge in [-0.3, -0.25) is 9.89 Å². The van der Waals surface area contributed by atoms with E-state index in [0.29, 0.717) is 5.13 Å². The summed E-state index contributed by atoms with van der Waals surface area (Å²) in [4.78, 5) is 16.5. The number of fused-ring (bicyclic) bond motifs is 2. The lowest BCUT2D eigenvalue weighted by Crippen LogP contribution is -2.12. The van der Waals surface area contributed by atoms with Crippen molar-refractivity contribution < 1.29 is 4.79 Å². The third-order valence-corrected chi connectivity index (χ3v) is 5.88. The fourth-order valence-corrected chi connectivity index (χ4v) is 4.29. The predicted octanol–water partition coefficient (Wildman–Crippen LogP) is 4.75. The van der Waals surface area contributed by atoms with Gasteiger partial charge in [0.25, 0.3) is 0 Å². The number of aromatic amines is 1. The Bertz CT molecular complexity index is 1140. The maximum atomic E-state index is 12.0. The normalized spacial score (nSPS) is 14.2. The van der Waals surface area contributed by atoms with E-state index in [1.54, 1.807) is 0 Å². The smallest absolute Gasteiger partial charge is 0.229 e. The number of benzene rings is 2. The molecule has 0 bridgehead atoms. The summed E-state index contributed by atoms with van der Waals surface area (Å²) >= 11 is 1.53. The summed E-state index contributed by atoms with van der Waals surface area (Å²) in [6.45, 7) is 2.17. The van der Waals surface area contributed by atoms with Crippen LogP contribution in [0.2, 0.25) is 0 Å². The standard InChI is InChI=1S/C20H18N4OS/c1-2-11-5-7-15-14(10-21-24-15)18(11)13-6-8-16-17(9-13)26-20(22-16)23-19(25)12-3-4-12/h5-10,12H,2-4H2,1H3,(H,21,24)(H,22,23,25). The van der Waals surface area contributed by atoms with Gasteiger partial charge in [0, 0.05) is 11.3 Å². The number of hydrogen-bond donors (Lipinski definition) is 2. The molecule has 2 aromatic carbocycles. The Balaban J connectivity index is 1.59. The number of hydrogen-bond acceptors (Lipinski definition) is 4. The van der Waals surface area contributed by atoms with Gasteiger partial charge in [0.05, 0.1) is 21.9 Å². The van der Waals surface area contributed by atoms with Gasteiger partial charge in [-0.2, -0.15) is 5.10 Å². The molecular weight excluding hydrogens is 344 g/mol. The number of amides is 1. The molecule has 1 saturated carbocycles. The van der Waals surface area contributed by atoms with Gasteiger partial charge in [-0.15, -0.1) is 0 Å². The number of thiazole rings is 1. The third-order valence-electron chi connectivity index (χ3n) is 4.95. The first-order chi connectivity index (χ1) is 12.7. The maximum absolute atomic E-state index is 12.0. The van der Waals surface area contributed by atoms with Crippen molar-refractivity contribution in [1.29, 1.82) is 0 Å². The summed E-state index contributed by atoms with van der Waals surface area (Å²) in [6, 6.07) is 10.6. The van der Waals surface area contributed by atoms with Crippen LogP contribution in [0, 0.1) is 5.92 Å². The number of carbonyl (C=O) groups is 1. The first kappa shape index (κ1) is 15.5. The van der Waals surface area contributed by atoms with Crippen molar-refractivity contribution in [1.82, 2.24) is 15.2 Å². The van der Waals surface area contributed by atoms with Crippen molar-refractivity contribution in [3.63, 3.8) is 0 Å². The molecule has 1 fully saturated rings. The summed E-state index contributed by atoms with van der Waals surface area (Å²) in [5.41, 5.74) is 5.63. The minimum Gasteiger partial charge on any atom is -0.302 e. The monoisotopic (exact) mass is 362 g/mol. The van der Waals surface area contributed by atoms with Gasteiger partial charge in [-0.25, -0.2) is 4.98 Å². The van der Waals surface area contributed by atoms with Crippen molar-refractivity contribution in [2.45, 2.75) is 26.2 Å². The maximum Gasteiger partial charge on any atom is 0.229 e. The van der Waals surface area contributed by atoms with Crippen molar-refractivity contribution in [3.05, 3.63) is 42.1 Å². The van der Waals surface area contributed by atoms with Crippen LogP contribution in [-0.4, -0.2) is 21.1 Å². The molecule has 5 rings (SSSR count). The minimum absolute atomic E-state index is 0.0979. The lowest BCUT2D eigenvalue weighted by atomic mass is 9.95. The third kappa shape index (κ3) is 2.57. The van der Waals surface area contributed by atoms with Crippen LogP contribution >= 0.6 is 11.3 Å². The van der Waals surface area contributed by atoms with Gasteiger partial charge < -0.3 is 5.32 Å². The van der Waals surface area contributed by atoms with E-state index in [1.165, 1.54) is 22.5 Å². The number of nitrogens with zero attached hydrogens (tertiary/aromatic N) is 2. The Morgan fingerprint density at radius 1 is 1.31 bits per heavy atom. The molecule has 0 spiro atoms. The zero-order chi connectivity index (χ0) is 17.7. The minimum atomic E-state index is 0.0979. The van der Waals surface area contributed by atoms with E-state index in [2.05, 4.69) is 51.7 Å². The molecule has 1 aliphatic rings. The highest BCUT2D eigenvalue weighted by Crippen LogP contribution is 2.36. The SMILES string of the molecule is CCc1ccc2[nH]ncc2c1-c1ccc2nc(NC(=O)C3CC3)sc2c1. The zero-order valence-corrected chi connectivity index (χ0v) is 15.2. The van der Waals surface area contributed by atoms with Crippen LogP contribution in [0.4, 0.5) is 5.13 Å². The van der Waals surface area contributed by atoms with E-state index in [0.717, 1.165) is 45.9 Å². The highest BCUT2D eigenvalue weighted by atomic mass is 32.1. The van der Waals surface area contributed by atoms with Crippen LogP contribution in [0.3, 0.4) is 0 Å². The van der Waals surface area contributed by atoms with E-state index in [1.807, 2.05) is 12.3 Å². The molecule has 2 aromatic heterocycles. The molecule has 26 heavy (non-hydrogen) atoms. The summed E-state index contributed by atoms with van der Waals surface area (Å²) < 4.78 is 1.08. The fourth-order valence-electron chi connectivity index (χ4n) is 3.38. The van der Waals surface area contributed by atoms with Crippen LogP contribution in [0.25, 0.3) is 32.2 Å². The molecule has 1 amide bonds. The zero-order valence-electron chi connectivity index (χ0n) is 14.4. The van der Waals surface area contributed by atoms with Crippen LogP contribution in [0.5, 0.6) is 0 Å². The first-order valence-electron chi connectivity index (χ1n) is 8.89. The molecular formula is C20H18N4OS. The molecule has 0 aliphatic heterocycles. The number of aryl methyl sites for hydroxylation is 1. The van der Waals surface area contributed by atoms with Crippen LogP contribution in [0.1, 0.15) is 25.3 Å². The average Bonchev–Trinajstić information content (AvgIpc) is 3.26. The highest BCUT2D eigenvalue weighted by molar-refractivity contribution is 7.22. The summed E-state index contributed by atoms with van der Waals surface area (Å²) in [5, 5.41) is 12.0. The number of H-pyrrole nitrogens is 1. The Morgan fingerprint density at radius 3 is 3.00 bits per heavy atom. The van der Waals surface area contributed by atoms with Gasteiger partial charge in [-0.1, -0.05) is 30.4 Å². The van der Waals surface area contributed by atoms with Gasteiger partial charge in [0.2, 0.25) is 5.91 Å². The second-order valence-electron chi connectivity index (χ2n) is 6.75. The number of aromatic nitrogens is 3. The van der Waals surface area contributed by atoms with Crippen LogP contribution in [0.15, 0.2) is 36.5 Å². The molecule has 0 saturated heterocycles. The topological polar surface area (TPSA) is 70.7 Å². The molecule has 0 unspecified atom stereocenters.